The van der Waals surface area contributed by atoms with E-state index in [4.69, 9.17) is 0 Å². The van der Waals surface area contributed by atoms with Gasteiger partial charge in [0.2, 0.25) is 0 Å². The molecule has 1 N–H and O–H groups in total. The number of benzene rings is 4. The Kier molecular flexibility index (Phi) is 5.00. The first-order valence-electron chi connectivity index (χ1n) is 10.4. The third-order valence-corrected chi connectivity index (χ3v) is 5.63. The first-order valence-corrected chi connectivity index (χ1v) is 10.4. The van der Waals surface area contributed by atoms with E-state index in [-0.39, 0.29) is 11.8 Å². The molecule has 0 aromatic heterocycles. The first-order chi connectivity index (χ1) is 15.6. The zero-order valence-corrected chi connectivity index (χ0v) is 17.6. The summed E-state index contributed by atoms with van der Waals surface area (Å²) >= 11 is 0. The van der Waals surface area contributed by atoms with Crippen molar-refractivity contribution < 1.29 is 9.59 Å². The number of amides is 2. The summed E-state index contributed by atoms with van der Waals surface area (Å²) < 4.78 is 0. The van der Waals surface area contributed by atoms with E-state index in [0.717, 1.165) is 38.7 Å². The van der Waals surface area contributed by atoms with Crippen LogP contribution in [-0.2, 0) is 6.54 Å². The van der Waals surface area contributed by atoms with Crippen molar-refractivity contribution in [2.75, 3.05) is 4.90 Å². The van der Waals surface area contributed by atoms with Crippen molar-refractivity contribution in [1.82, 2.24) is 5.43 Å². The predicted molar refractivity (Wildman–Crippen MR) is 127 cm³/mol. The van der Waals surface area contributed by atoms with E-state index in [9.17, 15) is 9.59 Å². The van der Waals surface area contributed by atoms with Crippen molar-refractivity contribution in [2.24, 2.45) is 5.10 Å². The van der Waals surface area contributed by atoms with Gasteiger partial charge in [0.05, 0.1) is 18.4 Å². The van der Waals surface area contributed by atoms with Crippen molar-refractivity contribution in [3.05, 3.63) is 113 Å². The van der Waals surface area contributed by atoms with Crippen molar-refractivity contribution in [2.45, 2.75) is 13.5 Å². The fraction of sp³-hybridized carbons (Fsp3) is 0.0741. The summed E-state index contributed by atoms with van der Waals surface area (Å²) in [6.45, 7) is 2.45. The molecule has 156 valence electrons. The topological polar surface area (TPSA) is 61.8 Å². The molecule has 0 unspecified atom stereocenters. The molecule has 0 aliphatic carbocycles. The smallest absolute Gasteiger partial charge is 0.271 e. The summed E-state index contributed by atoms with van der Waals surface area (Å²) in [4.78, 5) is 27.1. The Bertz CT molecular complexity index is 1370. The zero-order chi connectivity index (χ0) is 22.1. The summed E-state index contributed by atoms with van der Waals surface area (Å²) in [6.07, 6.45) is 1.62. The summed E-state index contributed by atoms with van der Waals surface area (Å²) in [7, 11) is 0. The molecule has 5 nitrogen and oxygen atoms in total. The molecule has 0 atom stereocenters. The van der Waals surface area contributed by atoms with Gasteiger partial charge in [0.1, 0.15) is 0 Å². The van der Waals surface area contributed by atoms with Crippen LogP contribution in [0, 0.1) is 6.92 Å². The molecular formula is C27H21N3O2. The number of nitrogens with one attached hydrogen (secondary N) is 1. The molecule has 4 aromatic carbocycles. The number of carbonyl (C=O) groups is 2. The maximum absolute atomic E-state index is 13.0. The largest absolute Gasteiger partial charge is 0.303 e. The number of hydrazone groups is 1. The minimum Gasteiger partial charge on any atom is -0.303 e. The van der Waals surface area contributed by atoms with Crippen LogP contribution in [0.4, 0.5) is 5.69 Å². The summed E-state index contributed by atoms with van der Waals surface area (Å²) in [6, 6.07) is 26.9. The second-order valence-electron chi connectivity index (χ2n) is 7.88. The molecule has 0 spiro atoms. The molecule has 1 aliphatic heterocycles. The monoisotopic (exact) mass is 419 g/mol. The van der Waals surface area contributed by atoms with Crippen LogP contribution in [0.5, 0.6) is 0 Å². The summed E-state index contributed by atoms with van der Waals surface area (Å²) in [5.41, 5.74) is 7.73. The van der Waals surface area contributed by atoms with Crippen LogP contribution in [-0.4, -0.2) is 18.0 Å². The standard InChI is InChI=1S/C27H21N3O2/c1-18-5-2-6-20(15-18)16-28-29-26(31)22-13-11-19(12-14-22)17-30-24-10-4-8-21-7-3-9-23(25(21)24)27(30)32/h2-16H,17H2,1H3,(H,29,31)/b28-16+. The lowest BCUT2D eigenvalue weighted by atomic mass is 10.1. The van der Waals surface area contributed by atoms with Gasteiger partial charge in [-0.2, -0.15) is 5.10 Å². The molecule has 5 rings (SSSR count). The van der Waals surface area contributed by atoms with Crippen LogP contribution in [0.25, 0.3) is 10.8 Å². The van der Waals surface area contributed by atoms with E-state index in [0.29, 0.717) is 12.1 Å². The second-order valence-corrected chi connectivity index (χ2v) is 7.88. The summed E-state index contributed by atoms with van der Waals surface area (Å²) in [5.74, 6) is -0.279. The van der Waals surface area contributed by atoms with Crippen LogP contribution in [0.15, 0.2) is 90.0 Å². The number of anilines is 1. The fourth-order valence-corrected chi connectivity index (χ4v) is 4.06. The quantitative estimate of drug-likeness (QED) is 0.363. The maximum Gasteiger partial charge on any atom is 0.271 e. The van der Waals surface area contributed by atoms with E-state index in [1.807, 2.05) is 79.7 Å². The van der Waals surface area contributed by atoms with E-state index in [1.165, 1.54) is 0 Å². The Morgan fingerprint density at radius 1 is 0.969 bits per heavy atom. The zero-order valence-electron chi connectivity index (χ0n) is 17.6. The Morgan fingerprint density at radius 3 is 2.50 bits per heavy atom. The molecule has 1 aliphatic rings. The second kappa shape index (κ2) is 8.12. The number of hydrogen-bond acceptors (Lipinski definition) is 3. The molecule has 0 radical (unpaired) electrons. The minimum atomic E-state index is -0.283. The van der Waals surface area contributed by atoms with Crippen LogP contribution >= 0.6 is 0 Å². The molecule has 0 saturated carbocycles. The summed E-state index contributed by atoms with van der Waals surface area (Å²) in [5, 5.41) is 6.11. The van der Waals surface area contributed by atoms with Gasteiger partial charge in [-0.3, -0.25) is 9.59 Å². The maximum atomic E-state index is 13.0. The van der Waals surface area contributed by atoms with Crippen LogP contribution in [0.2, 0.25) is 0 Å². The van der Waals surface area contributed by atoms with Gasteiger partial charge < -0.3 is 4.90 Å². The highest BCUT2D eigenvalue weighted by atomic mass is 16.2. The predicted octanol–water partition coefficient (Wildman–Crippen LogP) is 5.07. The Balaban J connectivity index is 1.28. The first kappa shape index (κ1) is 19.7. The molecule has 2 amide bonds. The van der Waals surface area contributed by atoms with Crippen LogP contribution in [0.1, 0.15) is 37.4 Å². The van der Waals surface area contributed by atoms with E-state index in [1.54, 1.807) is 23.2 Å². The van der Waals surface area contributed by atoms with Gasteiger partial charge in [-0.05, 0) is 47.7 Å². The molecular weight excluding hydrogens is 398 g/mol. The van der Waals surface area contributed by atoms with Crippen molar-refractivity contribution in [3.8, 4) is 0 Å². The average Bonchev–Trinajstić information content (AvgIpc) is 3.08. The fourth-order valence-electron chi connectivity index (χ4n) is 4.06. The number of nitrogens with zero attached hydrogens (tertiary/aromatic N) is 2. The van der Waals surface area contributed by atoms with Crippen molar-refractivity contribution in [1.29, 1.82) is 0 Å². The Labute approximate surface area is 186 Å². The normalized spacial score (nSPS) is 12.7. The van der Waals surface area contributed by atoms with E-state index >= 15 is 0 Å². The lowest BCUT2D eigenvalue weighted by Crippen LogP contribution is -2.26. The van der Waals surface area contributed by atoms with Gasteiger partial charge >= 0.3 is 0 Å². The SMILES string of the molecule is Cc1cccc(/C=N/NC(=O)c2ccc(CN3C(=O)c4cccc5cccc3c45)cc2)c1. The van der Waals surface area contributed by atoms with Crippen LogP contribution < -0.4 is 10.3 Å². The third kappa shape index (κ3) is 3.65. The lowest BCUT2D eigenvalue weighted by Gasteiger charge is -2.18. The number of rotatable bonds is 5. The van der Waals surface area contributed by atoms with Gasteiger partial charge in [-0.1, -0.05) is 66.2 Å². The molecule has 4 aromatic rings. The highest BCUT2D eigenvalue weighted by Gasteiger charge is 2.29. The number of aryl methyl sites for hydroxylation is 1. The average molecular weight is 419 g/mol. The lowest BCUT2D eigenvalue weighted by molar-refractivity contribution is 0.0953. The van der Waals surface area contributed by atoms with E-state index < -0.39 is 0 Å². The highest BCUT2D eigenvalue weighted by Crippen LogP contribution is 2.37. The van der Waals surface area contributed by atoms with E-state index in [2.05, 4.69) is 10.5 Å². The van der Waals surface area contributed by atoms with Crippen molar-refractivity contribution >= 4 is 34.5 Å². The van der Waals surface area contributed by atoms with Gasteiger partial charge in [0.25, 0.3) is 11.8 Å². The van der Waals surface area contributed by atoms with Crippen LogP contribution in [0.3, 0.4) is 0 Å². The molecule has 1 heterocycles. The van der Waals surface area contributed by atoms with Gasteiger partial charge in [-0.15, -0.1) is 0 Å². The van der Waals surface area contributed by atoms with Gasteiger partial charge in [0.15, 0.2) is 0 Å². The van der Waals surface area contributed by atoms with Gasteiger partial charge in [-0.25, -0.2) is 5.43 Å². The molecule has 0 saturated heterocycles. The molecule has 32 heavy (non-hydrogen) atoms. The molecule has 5 heteroatoms. The minimum absolute atomic E-state index is 0.00380. The van der Waals surface area contributed by atoms with Gasteiger partial charge in [0, 0.05) is 16.5 Å². The Morgan fingerprint density at radius 2 is 1.72 bits per heavy atom. The number of hydrogen-bond donors (Lipinski definition) is 1. The van der Waals surface area contributed by atoms with Crippen molar-refractivity contribution in [3.63, 3.8) is 0 Å². The highest BCUT2D eigenvalue weighted by molar-refractivity contribution is 6.24. The Hall–Kier alpha value is -4.25. The molecule has 0 fully saturated rings. The third-order valence-electron chi connectivity index (χ3n) is 5.63. The molecule has 0 bridgehead atoms. The number of carbonyl (C=O) groups excluding carboxylic acids is 2.